The molecule has 6 aromatic rings. The Morgan fingerprint density at radius 2 is 1.04 bits per heavy atom. The lowest BCUT2D eigenvalue weighted by Gasteiger charge is -2.29. The van der Waals surface area contributed by atoms with Crippen LogP contribution >= 0.6 is 0 Å². The van der Waals surface area contributed by atoms with E-state index in [0.29, 0.717) is 0 Å². The van der Waals surface area contributed by atoms with Gasteiger partial charge in [0.25, 0.3) is 11.4 Å². The van der Waals surface area contributed by atoms with Crippen molar-refractivity contribution >= 4 is 61.8 Å². The first-order chi connectivity index (χ1) is 38.6. The van der Waals surface area contributed by atoms with Crippen LogP contribution < -0.4 is 0 Å². The molecular weight excluding hydrogens is 1080 g/mol. The molecule has 0 bridgehead atoms. The summed E-state index contributed by atoms with van der Waals surface area (Å²) in [6.45, 7) is 32.7. The van der Waals surface area contributed by atoms with Crippen LogP contribution in [0.15, 0.2) is 89.8 Å². The Morgan fingerprint density at radius 1 is 0.494 bits per heavy atom. The van der Waals surface area contributed by atoms with E-state index in [2.05, 4.69) is 19.4 Å². The molecule has 0 aliphatic heterocycles. The number of allylic oxidation sites excluding steroid dienone is 10. The molecule has 0 radical (unpaired) electrons. The molecule has 21 heteroatoms. The third-order valence-electron chi connectivity index (χ3n) is 13.8. The molecule has 0 aromatic heterocycles. The average Bonchev–Trinajstić information content (AvgIpc) is 2.19. The Kier molecular flexibility index (Phi) is 13.7. The molecule has 0 saturated carbocycles. The summed E-state index contributed by atoms with van der Waals surface area (Å²) >= 11 is 0. The topological polar surface area (TPSA) is 113 Å². The maximum absolute atomic E-state index is 17.1. The molecule has 9 rings (SSSR count). The lowest BCUT2D eigenvalue weighted by molar-refractivity contribution is 0.251. The van der Waals surface area contributed by atoms with Crippen LogP contribution in [0.2, 0.25) is 0 Å². The molecule has 2 unspecified atom stereocenters. The summed E-state index contributed by atoms with van der Waals surface area (Å²) < 4.78 is 214. The van der Waals surface area contributed by atoms with Crippen LogP contribution in [0.3, 0.4) is 0 Å². The summed E-state index contributed by atoms with van der Waals surface area (Å²) in [5.74, 6) is -29.5. The highest BCUT2D eigenvalue weighted by Crippen LogP contribution is 2.60. The first-order valence-corrected chi connectivity index (χ1v) is 22.7. The number of nitrogens with zero attached hydrogens (tertiary/aromatic N) is 8. The van der Waals surface area contributed by atoms with Crippen LogP contribution in [0.1, 0.15) is 72.3 Å². The van der Waals surface area contributed by atoms with Crippen molar-refractivity contribution in [1.29, 1.82) is 21.0 Å². The van der Waals surface area contributed by atoms with E-state index in [1.165, 1.54) is 0 Å². The largest absolute Gasteiger partial charge is 0.259 e. The molecule has 2 atom stereocenters. The predicted molar refractivity (Wildman–Crippen MR) is 266 cm³/mol. The normalized spacial score (nSPS) is 16.6. The quantitative estimate of drug-likeness (QED) is 0.0939. The van der Waals surface area contributed by atoms with E-state index in [1.807, 2.05) is 12.1 Å². The van der Waals surface area contributed by atoms with Gasteiger partial charge in [-0.25, -0.2) is 76.5 Å². The van der Waals surface area contributed by atoms with Gasteiger partial charge in [0, 0.05) is 27.8 Å². The van der Waals surface area contributed by atoms with Crippen molar-refractivity contribution in [2.24, 2.45) is 5.92 Å². The van der Waals surface area contributed by atoms with Gasteiger partial charge in [-0.15, -0.1) is 0 Å². The molecule has 3 aliphatic carbocycles. The third kappa shape index (κ3) is 7.92. The molecule has 8 nitrogen and oxygen atoms in total. The lowest BCUT2D eigenvalue weighted by atomic mass is 9.77. The van der Waals surface area contributed by atoms with Gasteiger partial charge < -0.3 is 0 Å². The average molecular weight is 1100 g/mol. The number of halogens is 13. The summed E-state index contributed by atoms with van der Waals surface area (Å²) in [6.07, 6.45) is -3.58. The second kappa shape index (κ2) is 20.3. The fourth-order valence-electron chi connectivity index (χ4n) is 10.2. The first kappa shape index (κ1) is 54.6. The summed E-state index contributed by atoms with van der Waals surface area (Å²) in [7, 11) is 0. The number of rotatable bonds is 6. The SMILES string of the molecule is [C-]#[N+]C1=C(c2ccc([N+]#[C-])cc2)/C(=C(\c2cc(F)c([N+]#[C-])c(F)c2F)C2C(F)=C(F)C(C#N)=C(F)C2F)c2cc3c(cc21)/C(=C(\c1c(C)c(F)c([N+]#[C-])c(F)c1C)c1c(F)c(F)c(C#N)c(F)c1F)C(c1ccc(C#N)cc1)=C3C#N. The van der Waals surface area contributed by atoms with Crippen molar-refractivity contribution in [2.45, 2.75) is 20.0 Å². The minimum absolute atomic E-state index is 0.0495. The summed E-state index contributed by atoms with van der Waals surface area (Å²) in [5.41, 5.74) is -22.4. The Labute approximate surface area is 448 Å². The molecule has 0 spiro atoms. The zero-order valence-electron chi connectivity index (χ0n) is 40.5. The summed E-state index contributed by atoms with van der Waals surface area (Å²) in [4.78, 5) is 12.4. The Hall–Kier alpha value is -11.2. The second-order valence-corrected chi connectivity index (χ2v) is 17.7. The molecule has 3 aliphatic rings. The van der Waals surface area contributed by atoms with E-state index in [4.69, 9.17) is 26.3 Å². The second-order valence-electron chi connectivity index (χ2n) is 17.7. The van der Waals surface area contributed by atoms with E-state index in [0.717, 1.165) is 86.6 Å². The van der Waals surface area contributed by atoms with Crippen molar-refractivity contribution in [3.63, 3.8) is 0 Å². The number of fused-ring (bicyclic) bond motifs is 2. The molecule has 0 heterocycles. The van der Waals surface area contributed by atoms with Crippen LogP contribution in [-0.4, -0.2) is 6.17 Å². The highest BCUT2D eigenvalue weighted by Gasteiger charge is 2.48. The predicted octanol–water partition coefficient (Wildman–Crippen LogP) is 16.9. The minimum Gasteiger partial charge on any atom is -0.239 e. The number of nitriles is 4. The van der Waals surface area contributed by atoms with Crippen LogP contribution in [0, 0.1) is 144 Å². The Morgan fingerprint density at radius 3 is 1.56 bits per heavy atom. The lowest BCUT2D eigenvalue weighted by Crippen LogP contribution is -2.26. The van der Waals surface area contributed by atoms with Crippen LogP contribution in [0.4, 0.5) is 74.1 Å². The van der Waals surface area contributed by atoms with Gasteiger partial charge in [-0.1, -0.05) is 42.5 Å². The van der Waals surface area contributed by atoms with Gasteiger partial charge in [0.1, 0.15) is 52.6 Å². The van der Waals surface area contributed by atoms with Gasteiger partial charge in [0.15, 0.2) is 58.4 Å². The van der Waals surface area contributed by atoms with Crippen molar-refractivity contribution in [1.82, 2.24) is 0 Å². The zero-order valence-corrected chi connectivity index (χ0v) is 40.5. The van der Waals surface area contributed by atoms with Gasteiger partial charge in [0.05, 0.1) is 55.0 Å². The highest BCUT2D eigenvalue weighted by molar-refractivity contribution is 6.34. The van der Waals surface area contributed by atoms with Crippen molar-refractivity contribution in [3.8, 4) is 24.3 Å². The third-order valence-corrected chi connectivity index (χ3v) is 13.8. The number of benzene rings is 6. The number of hydrogen-bond donors (Lipinski definition) is 0. The fourth-order valence-corrected chi connectivity index (χ4v) is 10.2. The maximum Gasteiger partial charge on any atom is 0.259 e. The van der Waals surface area contributed by atoms with E-state index in [9.17, 15) is 21.0 Å². The molecule has 81 heavy (non-hydrogen) atoms. The monoisotopic (exact) mass is 1100 g/mol. The van der Waals surface area contributed by atoms with Gasteiger partial charge in [-0.2, -0.15) is 21.0 Å². The summed E-state index contributed by atoms with van der Waals surface area (Å²) in [6, 6.07) is 16.5. The molecular formula is C60H19F13N8. The molecule has 0 N–H and O–H groups in total. The first-order valence-electron chi connectivity index (χ1n) is 22.7. The standard InChI is InChI=1S/C60H19F13N8/c1-22-37(23(2)47(63)60(81-6)46(22)62)43(45-55(71)51(67)35(21-77)52(68)56(45)72)40-29-16-31-30(15-28(29)33(19-75)38(40)25-9-7-24(18-74)8-10-25)41(39(58(31)79-4)26-11-13-27(78-3)14-12-26)42(32-17-36(61)59(80-5)57(73)48(32)64)44-53(69)49(65)34(20-76)50(66)54(44)70/h7-17,44,53H,1-2H3/b42-41+,43-40-. The zero-order chi connectivity index (χ0) is 59.0. The number of hydrogen-bond acceptors (Lipinski definition) is 4. The van der Waals surface area contributed by atoms with Crippen molar-refractivity contribution < 1.29 is 57.1 Å². The molecule has 0 amide bonds. The van der Waals surface area contributed by atoms with E-state index in [1.54, 1.807) is 0 Å². The van der Waals surface area contributed by atoms with E-state index in [-0.39, 0.29) is 28.4 Å². The summed E-state index contributed by atoms with van der Waals surface area (Å²) in [5, 5.41) is 40.2. The fraction of sp³-hybridized carbons (Fsp3) is 0.0667. The van der Waals surface area contributed by atoms with Crippen molar-refractivity contribution in [2.75, 3.05) is 0 Å². The molecule has 0 saturated heterocycles. The molecule has 390 valence electrons. The van der Waals surface area contributed by atoms with Crippen LogP contribution in [0.5, 0.6) is 0 Å². The molecule has 6 aromatic carbocycles. The molecule has 0 fully saturated rings. The van der Waals surface area contributed by atoms with Gasteiger partial charge in [-0.05, 0) is 99.3 Å². The maximum atomic E-state index is 17.1. The number of alkyl halides is 1. The van der Waals surface area contributed by atoms with Gasteiger partial charge >= 0.3 is 0 Å². The Balaban J connectivity index is 1.60. The van der Waals surface area contributed by atoms with Gasteiger partial charge in [-0.3, -0.25) is 0 Å². The van der Waals surface area contributed by atoms with Crippen molar-refractivity contribution in [3.05, 3.63) is 260 Å². The Bertz CT molecular complexity index is 4400. The minimum atomic E-state index is -3.58. The van der Waals surface area contributed by atoms with Crippen LogP contribution in [-0.2, 0) is 0 Å². The van der Waals surface area contributed by atoms with E-state index < -0.39 is 199 Å². The smallest absolute Gasteiger partial charge is 0.239 e. The van der Waals surface area contributed by atoms with Gasteiger partial charge in [0.2, 0.25) is 5.70 Å². The highest BCUT2D eigenvalue weighted by atomic mass is 19.2. The van der Waals surface area contributed by atoms with E-state index >= 15 is 57.1 Å². The van der Waals surface area contributed by atoms with Crippen LogP contribution in [0.25, 0.3) is 64.1 Å².